The predicted molar refractivity (Wildman–Crippen MR) is 106 cm³/mol. The molecule has 0 unspecified atom stereocenters. The van der Waals surface area contributed by atoms with Gasteiger partial charge in [0.2, 0.25) is 0 Å². The molecule has 0 aromatic carbocycles. The van der Waals surface area contributed by atoms with Gasteiger partial charge >= 0.3 is 0 Å². The summed E-state index contributed by atoms with van der Waals surface area (Å²) in [6.45, 7) is 19.1. The van der Waals surface area contributed by atoms with Crippen molar-refractivity contribution in [2.24, 2.45) is 0 Å². The molecule has 0 aliphatic rings. The van der Waals surface area contributed by atoms with Gasteiger partial charge in [0.25, 0.3) is 0 Å². The number of thiol groups is 1. The highest BCUT2D eigenvalue weighted by molar-refractivity contribution is 7.80. The van der Waals surface area contributed by atoms with E-state index in [2.05, 4.69) is 59.1 Å². The Bertz CT molecular complexity index is 204. The van der Waals surface area contributed by atoms with E-state index in [1.54, 1.807) is 0 Å². The molecule has 0 aromatic rings. The lowest BCUT2D eigenvalue weighted by Crippen LogP contribution is -2.42. The van der Waals surface area contributed by atoms with Gasteiger partial charge in [-0.15, -0.1) is 0 Å². The molecule has 0 bridgehead atoms. The van der Waals surface area contributed by atoms with Crippen LogP contribution < -0.4 is 0 Å². The normalized spacial score (nSPS) is 12.3. The molecule has 0 aliphatic heterocycles. The Morgan fingerprint density at radius 1 is 0.864 bits per heavy atom. The van der Waals surface area contributed by atoms with Gasteiger partial charge in [0.05, 0.1) is 9.52 Å². The van der Waals surface area contributed by atoms with Gasteiger partial charge in [-0.3, -0.25) is 4.90 Å². The second kappa shape index (κ2) is 16.3. The standard InChI is InChI=1S/C9H21N.C8H20O2SSi/c1-7(2)10(8(3)4)9(5)6;1-3-9-8(10-4-2)12-7-5-6-11/h7-9H,1-6H3;8,11H,3-7,12H2,1-2H3. The second-order valence-electron chi connectivity index (χ2n) is 6.29. The van der Waals surface area contributed by atoms with E-state index < -0.39 is 0 Å². The first-order valence-electron chi connectivity index (χ1n) is 8.93. The fourth-order valence-corrected chi connectivity index (χ4v) is 5.12. The fourth-order valence-electron chi connectivity index (χ4n) is 2.80. The van der Waals surface area contributed by atoms with Crippen molar-refractivity contribution >= 4 is 22.1 Å². The average Bonchev–Trinajstić information content (AvgIpc) is 2.38. The first kappa shape index (κ1) is 24.7. The Morgan fingerprint density at radius 3 is 1.50 bits per heavy atom. The van der Waals surface area contributed by atoms with Crippen molar-refractivity contribution in [1.29, 1.82) is 0 Å². The summed E-state index contributed by atoms with van der Waals surface area (Å²) in [4.78, 5) is 2.50. The minimum absolute atomic E-state index is 0.139. The van der Waals surface area contributed by atoms with Crippen molar-refractivity contribution in [3.63, 3.8) is 0 Å². The summed E-state index contributed by atoms with van der Waals surface area (Å²) in [7, 11) is -0.201. The molecule has 0 aliphatic carbocycles. The van der Waals surface area contributed by atoms with Gasteiger partial charge in [0.15, 0.2) is 0 Å². The van der Waals surface area contributed by atoms with Crippen LogP contribution in [0.25, 0.3) is 0 Å². The predicted octanol–water partition coefficient (Wildman–Crippen LogP) is 3.76. The highest BCUT2D eigenvalue weighted by atomic mass is 32.1. The molecule has 0 aromatic heterocycles. The van der Waals surface area contributed by atoms with Crippen LogP contribution in [0.1, 0.15) is 61.8 Å². The highest BCUT2D eigenvalue weighted by Gasteiger charge is 2.15. The minimum Gasteiger partial charge on any atom is -0.357 e. The third kappa shape index (κ3) is 14.1. The Kier molecular flexibility index (Phi) is 18.3. The molecule has 0 amide bonds. The molecular formula is C17H41NO2SSi. The van der Waals surface area contributed by atoms with Crippen LogP contribution in [0, 0.1) is 0 Å². The fraction of sp³-hybridized carbons (Fsp3) is 1.00. The van der Waals surface area contributed by atoms with Crippen LogP contribution in [0.3, 0.4) is 0 Å². The molecule has 0 atom stereocenters. The zero-order valence-electron chi connectivity index (χ0n) is 16.3. The SMILES string of the molecule is CC(C)N(C(C)C)C(C)C.CCOC(OCC)[SiH2]CCCS. The van der Waals surface area contributed by atoms with Crippen molar-refractivity contribution in [2.75, 3.05) is 19.0 Å². The lowest BCUT2D eigenvalue weighted by atomic mass is 10.2. The first-order chi connectivity index (χ1) is 10.3. The zero-order valence-corrected chi connectivity index (χ0v) is 18.6. The molecule has 5 heteroatoms. The summed E-state index contributed by atoms with van der Waals surface area (Å²) >= 11 is 4.17. The largest absolute Gasteiger partial charge is 0.357 e. The van der Waals surface area contributed by atoms with Crippen molar-refractivity contribution in [3.05, 3.63) is 0 Å². The van der Waals surface area contributed by atoms with Crippen LogP contribution in [-0.2, 0) is 9.47 Å². The van der Waals surface area contributed by atoms with Gasteiger partial charge in [-0.2, -0.15) is 12.6 Å². The smallest absolute Gasteiger partial charge is 0.134 e. The average molecular weight is 352 g/mol. The van der Waals surface area contributed by atoms with Crippen molar-refractivity contribution in [2.45, 2.75) is 91.9 Å². The summed E-state index contributed by atoms with van der Waals surface area (Å²) in [5.41, 5.74) is 0. The van der Waals surface area contributed by atoms with Crippen LogP contribution in [-0.4, -0.2) is 57.4 Å². The third-order valence-corrected chi connectivity index (χ3v) is 5.51. The van der Waals surface area contributed by atoms with Crippen LogP contribution in [0.5, 0.6) is 0 Å². The molecule has 136 valence electrons. The van der Waals surface area contributed by atoms with E-state index in [0.29, 0.717) is 18.1 Å². The monoisotopic (exact) mass is 351 g/mol. The molecule has 0 heterocycles. The number of rotatable bonds is 11. The Balaban J connectivity index is 0. The summed E-state index contributed by atoms with van der Waals surface area (Å²) in [5.74, 6) is 1.12. The Hall–Kier alpha value is 0.447. The summed E-state index contributed by atoms with van der Waals surface area (Å²) in [5, 5.41) is 0. The van der Waals surface area contributed by atoms with E-state index in [9.17, 15) is 0 Å². The molecule has 0 radical (unpaired) electrons. The van der Waals surface area contributed by atoms with Gasteiger partial charge in [0.1, 0.15) is 5.91 Å². The van der Waals surface area contributed by atoms with Gasteiger partial charge in [-0.05, 0) is 67.6 Å². The van der Waals surface area contributed by atoms with Crippen molar-refractivity contribution in [1.82, 2.24) is 4.90 Å². The van der Waals surface area contributed by atoms with Gasteiger partial charge < -0.3 is 9.47 Å². The lowest BCUT2D eigenvalue weighted by molar-refractivity contribution is -0.0827. The molecular weight excluding hydrogens is 310 g/mol. The number of hydrogen-bond acceptors (Lipinski definition) is 4. The number of hydrogen-bond donors (Lipinski definition) is 1. The van der Waals surface area contributed by atoms with Crippen LogP contribution >= 0.6 is 12.6 Å². The molecule has 3 nitrogen and oxygen atoms in total. The maximum atomic E-state index is 5.44. The molecule has 0 fully saturated rings. The van der Waals surface area contributed by atoms with Crippen molar-refractivity contribution in [3.8, 4) is 0 Å². The van der Waals surface area contributed by atoms with E-state index in [1.165, 1.54) is 12.5 Å². The van der Waals surface area contributed by atoms with E-state index in [4.69, 9.17) is 9.47 Å². The first-order valence-corrected chi connectivity index (χ1v) is 11.4. The maximum Gasteiger partial charge on any atom is 0.134 e. The lowest BCUT2D eigenvalue weighted by Gasteiger charge is -2.34. The third-order valence-electron chi connectivity index (χ3n) is 3.34. The topological polar surface area (TPSA) is 21.7 Å². The van der Waals surface area contributed by atoms with Crippen LogP contribution in [0.4, 0.5) is 0 Å². The van der Waals surface area contributed by atoms with Crippen molar-refractivity contribution < 1.29 is 9.47 Å². The quantitative estimate of drug-likeness (QED) is 0.265. The van der Waals surface area contributed by atoms with Gasteiger partial charge in [-0.25, -0.2) is 0 Å². The van der Waals surface area contributed by atoms with Gasteiger partial charge in [-0.1, -0.05) is 6.04 Å². The minimum atomic E-state index is -0.201. The van der Waals surface area contributed by atoms with E-state index in [0.717, 1.165) is 19.0 Å². The Morgan fingerprint density at radius 2 is 1.27 bits per heavy atom. The van der Waals surface area contributed by atoms with E-state index in [1.807, 2.05) is 13.8 Å². The summed E-state index contributed by atoms with van der Waals surface area (Å²) < 4.78 is 10.9. The second-order valence-corrected chi connectivity index (χ2v) is 8.69. The highest BCUT2D eigenvalue weighted by Crippen LogP contribution is 2.09. The molecule has 0 rings (SSSR count). The number of ether oxygens (including phenoxy) is 2. The molecule has 22 heavy (non-hydrogen) atoms. The summed E-state index contributed by atoms with van der Waals surface area (Å²) in [6.07, 6.45) is 1.20. The molecule has 0 N–H and O–H groups in total. The summed E-state index contributed by atoms with van der Waals surface area (Å²) in [6, 6.07) is 3.27. The Labute approximate surface area is 147 Å². The molecule has 0 saturated heterocycles. The maximum absolute atomic E-state index is 5.44. The molecule has 0 spiro atoms. The zero-order chi connectivity index (χ0) is 17.5. The number of nitrogens with zero attached hydrogens (tertiary/aromatic N) is 1. The molecule has 0 saturated carbocycles. The van der Waals surface area contributed by atoms with E-state index in [-0.39, 0.29) is 15.4 Å². The van der Waals surface area contributed by atoms with Gasteiger partial charge in [0, 0.05) is 31.3 Å². The van der Waals surface area contributed by atoms with Crippen LogP contribution in [0.15, 0.2) is 0 Å². The van der Waals surface area contributed by atoms with E-state index >= 15 is 0 Å². The van der Waals surface area contributed by atoms with Crippen LogP contribution in [0.2, 0.25) is 6.04 Å².